The van der Waals surface area contributed by atoms with Gasteiger partial charge in [-0.05, 0) is 44.2 Å². The molecule has 14 heteroatoms. The Bertz CT molecular complexity index is 1550. The molecule has 3 aromatic heterocycles. The van der Waals surface area contributed by atoms with Gasteiger partial charge in [0.2, 0.25) is 5.88 Å². The lowest BCUT2D eigenvalue weighted by Gasteiger charge is -2.18. The highest BCUT2D eigenvalue weighted by molar-refractivity contribution is 9.10. The Kier molecular flexibility index (Phi) is 7.52. The van der Waals surface area contributed by atoms with Crippen molar-refractivity contribution in [2.45, 2.75) is 18.7 Å². The van der Waals surface area contributed by atoms with Gasteiger partial charge in [0.1, 0.15) is 22.2 Å². The van der Waals surface area contributed by atoms with Gasteiger partial charge in [-0.2, -0.15) is 0 Å². The summed E-state index contributed by atoms with van der Waals surface area (Å²) in [5.41, 5.74) is 1.77. The van der Waals surface area contributed by atoms with Crippen molar-refractivity contribution < 1.29 is 17.9 Å². The number of nitrogens with zero attached hydrogens (tertiary/aromatic N) is 4. The van der Waals surface area contributed by atoms with E-state index in [0.29, 0.717) is 40.6 Å². The quantitative estimate of drug-likeness (QED) is 0.257. The lowest BCUT2D eigenvalue weighted by atomic mass is 10.1. The molecule has 0 spiro atoms. The van der Waals surface area contributed by atoms with Crippen molar-refractivity contribution in [2.24, 2.45) is 0 Å². The third-order valence-corrected chi connectivity index (χ3v) is 6.82. The Hall–Kier alpha value is -3.55. The molecule has 0 aliphatic heterocycles. The molecule has 0 aliphatic carbocycles. The van der Waals surface area contributed by atoms with Gasteiger partial charge in [-0.25, -0.2) is 32.9 Å². The summed E-state index contributed by atoms with van der Waals surface area (Å²) < 4.78 is 33.5. The van der Waals surface area contributed by atoms with Crippen LogP contribution in [0.1, 0.15) is 12.6 Å². The predicted molar refractivity (Wildman–Crippen MR) is 139 cm³/mol. The number of hydrogen-bond acceptors (Lipinski definition) is 9. The standard InChI is InChI=1S/C22H19BrClN7O4S/c1-3-35-19-9-18(26-11-27-19)29-21-15-8-13(23)4-6-16(15)28-12(2)20(21)30-22(32)31-36(33,34)14-5-7-17(24)25-10-14/h4-11H,3H2,1-2H3,(H2,30,31,32)(H,26,27,28,29). The van der Waals surface area contributed by atoms with E-state index in [1.54, 1.807) is 13.0 Å². The molecule has 0 aliphatic rings. The molecule has 0 fully saturated rings. The summed E-state index contributed by atoms with van der Waals surface area (Å²) >= 11 is 9.18. The van der Waals surface area contributed by atoms with Crippen LogP contribution >= 0.6 is 27.5 Å². The Labute approximate surface area is 219 Å². The van der Waals surface area contributed by atoms with Gasteiger partial charge in [-0.15, -0.1) is 0 Å². The molecular weight excluding hydrogens is 574 g/mol. The number of carbonyl (C=O) groups excluding carboxylic acids is 1. The maximum atomic E-state index is 12.8. The van der Waals surface area contributed by atoms with Crippen molar-refractivity contribution in [3.63, 3.8) is 0 Å². The van der Waals surface area contributed by atoms with Crippen LogP contribution in [0.15, 0.2) is 58.3 Å². The van der Waals surface area contributed by atoms with Gasteiger partial charge in [0, 0.05) is 22.1 Å². The fraction of sp³-hybridized carbons (Fsp3) is 0.136. The normalized spacial score (nSPS) is 11.2. The average Bonchev–Trinajstić information content (AvgIpc) is 2.82. The maximum Gasteiger partial charge on any atom is 0.333 e. The molecule has 4 rings (SSSR count). The lowest BCUT2D eigenvalue weighted by Crippen LogP contribution is -2.34. The van der Waals surface area contributed by atoms with Crippen LogP contribution in [-0.2, 0) is 10.0 Å². The number of fused-ring (bicyclic) bond motifs is 1. The minimum absolute atomic E-state index is 0.121. The number of sulfonamides is 1. The van der Waals surface area contributed by atoms with Gasteiger partial charge < -0.3 is 15.4 Å². The van der Waals surface area contributed by atoms with E-state index < -0.39 is 16.1 Å². The summed E-state index contributed by atoms with van der Waals surface area (Å²) in [4.78, 5) is 29.2. The number of aromatic nitrogens is 4. The van der Waals surface area contributed by atoms with Crippen LogP contribution in [0.2, 0.25) is 5.15 Å². The number of hydrogen-bond donors (Lipinski definition) is 3. The summed E-state index contributed by atoms with van der Waals surface area (Å²) in [7, 11) is -4.21. The summed E-state index contributed by atoms with van der Waals surface area (Å²) in [6.07, 6.45) is 2.39. The number of aryl methyl sites for hydroxylation is 1. The fourth-order valence-corrected chi connectivity index (χ4v) is 4.57. The Balaban J connectivity index is 1.72. The molecule has 4 aromatic rings. The van der Waals surface area contributed by atoms with Crippen molar-refractivity contribution in [3.05, 3.63) is 64.2 Å². The van der Waals surface area contributed by atoms with Crippen molar-refractivity contribution in [2.75, 3.05) is 17.2 Å². The van der Waals surface area contributed by atoms with E-state index in [1.807, 2.05) is 29.8 Å². The minimum atomic E-state index is -4.21. The third-order valence-electron chi connectivity index (χ3n) is 4.79. The van der Waals surface area contributed by atoms with Gasteiger partial charge in [-0.1, -0.05) is 27.5 Å². The molecule has 0 saturated heterocycles. The zero-order valence-corrected chi connectivity index (χ0v) is 22.1. The number of benzene rings is 1. The van der Waals surface area contributed by atoms with Gasteiger partial charge in [0.05, 0.1) is 29.2 Å². The smallest absolute Gasteiger partial charge is 0.333 e. The number of pyridine rings is 2. The number of anilines is 3. The highest BCUT2D eigenvalue weighted by atomic mass is 79.9. The molecule has 36 heavy (non-hydrogen) atoms. The van der Waals surface area contributed by atoms with Crippen LogP contribution < -0.4 is 20.1 Å². The highest BCUT2D eigenvalue weighted by Crippen LogP contribution is 2.36. The number of urea groups is 1. The second kappa shape index (κ2) is 10.6. The van der Waals surface area contributed by atoms with Gasteiger partial charge in [0.25, 0.3) is 10.0 Å². The monoisotopic (exact) mass is 591 g/mol. The maximum absolute atomic E-state index is 12.8. The third kappa shape index (κ3) is 5.80. The first-order chi connectivity index (χ1) is 17.2. The SMILES string of the molecule is CCOc1cc(Nc2c(NC(=O)NS(=O)(=O)c3ccc(Cl)nc3)c(C)nc3ccc(Br)cc23)ncn1. The Morgan fingerprint density at radius 2 is 1.92 bits per heavy atom. The second-order valence-electron chi connectivity index (χ2n) is 7.28. The van der Waals surface area contributed by atoms with E-state index in [1.165, 1.54) is 18.5 Å². The van der Waals surface area contributed by atoms with Crippen LogP contribution in [0.25, 0.3) is 10.9 Å². The average molecular weight is 593 g/mol. The van der Waals surface area contributed by atoms with E-state index >= 15 is 0 Å². The van der Waals surface area contributed by atoms with Crippen molar-refractivity contribution in [3.8, 4) is 5.88 Å². The number of amides is 2. The van der Waals surface area contributed by atoms with E-state index in [0.717, 1.165) is 10.7 Å². The largest absolute Gasteiger partial charge is 0.478 e. The predicted octanol–water partition coefficient (Wildman–Crippen LogP) is 4.80. The summed E-state index contributed by atoms with van der Waals surface area (Å²) in [5.74, 6) is 0.754. The van der Waals surface area contributed by atoms with E-state index in [9.17, 15) is 13.2 Å². The fourth-order valence-electron chi connectivity index (χ4n) is 3.24. The first kappa shape index (κ1) is 25.5. The van der Waals surface area contributed by atoms with Gasteiger partial charge in [-0.3, -0.25) is 4.98 Å². The Morgan fingerprint density at radius 3 is 2.64 bits per heavy atom. The van der Waals surface area contributed by atoms with Gasteiger partial charge >= 0.3 is 6.03 Å². The Morgan fingerprint density at radius 1 is 1.11 bits per heavy atom. The molecule has 11 nitrogen and oxygen atoms in total. The van der Waals surface area contributed by atoms with Crippen molar-refractivity contribution >= 4 is 71.7 Å². The van der Waals surface area contributed by atoms with Crippen molar-refractivity contribution in [1.82, 2.24) is 24.7 Å². The number of rotatable bonds is 7. The molecule has 2 amide bonds. The number of carbonyl (C=O) groups is 1. The number of ether oxygens (including phenoxy) is 1. The number of halogens is 2. The summed E-state index contributed by atoms with van der Waals surface area (Å²) in [6, 6.07) is 8.62. The molecule has 0 saturated carbocycles. The highest BCUT2D eigenvalue weighted by Gasteiger charge is 2.21. The topological polar surface area (TPSA) is 148 Å². The van der Waals surface area contributed by atoms with E-state index in [-0.39, 0.29) is 15.7 Å². The molecule has 0 radical (unpaired) electrons. The first-order valence-corrected chi connectivity index (χ1v) is 13.1. The molecule has 0 atom stereocenters. The van der Waals surface area contributed by atoms with Crippen molar-refractivity contribution in [1.29, 1.82) is 0 Å². The van der Waals surface area contributed by atoms with Crippen LogP contribution in [0, 0.1) is 6.92 Å². The lowest BCUT2D eigenvalue weighted by molar-refractivity contribution is 0.256. The van der Waals surface area contributed by atoms with Crippen LogP contribution in [0.5, 0.6) is 5.88 Å². The molecule has 3 heterocycles. The van der Waals surface area contributed by atoms with E-state index in [2.05, 4.69) is 46.5 Å². The van der Waals surface area contributed by atoms with Crippen LogP contribution in [-0.4, -0.2) is 41.0 Å². The summed E-state index contributed by atoms with van der Waals surface area (Å²) in [6.45, 7) is 3.94. The molecule has 3 N–H and O–H groups in total. The van der Waals surface area contributed by atoms with Gasteiger partial charge in [0.15, 0.2) is 0 Å². The second-order valence-corrected chi connectivity index (χ2v) is 10.3. The number of nitrogens with one attached hydrogen (secondary N) is 3. The molecule has 1 aromatic carbocycles. The molecule has 0 bridgehead atoms. The molecule has 0 unspecified atom stereocenters. The molecule has 186 valence electrons. The summed E-state index contributed by atoms with van der Waals surface area (Å²) in [5, 5.41) is 6.54. The van der Waals surface area contributed by atoms with Crippen LogP contribution in [0.4, 0.5) is 22.0 Å². The first-order valence-electron chi connectivity index (χ1n) is 10.4. The molecular formula is C22H19BrClN7O4S. The van der Waals surface area contributed by atoms with Crippen LogP contribution in [0.3, 0.4) is 0 Å². The minimum Gasteiger partial charge on any atom is -0.478 e. The van der Waals surface area contributed by atoms with E-state index in [4.69, 9.17) is 16.3 Å². The zero-order valence-electron chi connectivity index (χ0n) is 18.9. The zero-order chi connectivity index (χ0) is 25.9.